The molecule has 0 bridgehead atoms. The van der Waals surface area contributed by atoms with Crippen LogP contribution in [0.2, 0.25) is 0 Å². The van der Waals surface area contributed by atoms with E-state index in [9.17, 15) is 0 Å². The molecule has 1 atom stereocenters. The third-order valence-electron chi connectivity index (χ3n) is 1.38. The van der Waals surface area contributed by atoms with E-state index in [-0.39, 0.29) is 0 Å². The van der Waals surface area contributed by atoms with E-state index in [2.05, 4.69) is 38.2 Å². The van der Waals surface area contributed by atoms with Crippen LogP contribution in [0, 0.1) is 0 Å². The molecule has 0 rings (SSSR count). The van der Waals surface area contributed by atoms with Gasteiger partial charge in [0.15, 0.2) is 0 Å². The molecule has 0 radical (unpaired) electrons. The van der Waals surface area contributed by atoms with Crippen molar-refractivity contribution in [3.8, 4) is 0 Å². The first-order valence-corrected chi connectivity index (χ1v) is 4.05. The summed E-state index contributed by atoms with van der Waals surface area (Å²) in [5, 5.41) is 3.42. The van der Waals surface area contributed by atoms with Crippen LogP contribution in [-0.2, 0) is 0 Å². The molecule has 1 unspecified atom stereocenters. The van der Waals surface area contributed by atoms with Gasteiger partial charge >= 0.3 is 0 Å². The quantitative estimate of drug-likeness (QED) is 0.617. The molecule has 2 heteroatoms. The SMILES string of the molecule is CCCNC(C)CN(C)C. The van der Waals surface area contributed by atoms with Crippen LogP contribution < -0.4 is 5.32 Å². The monoisotopic (exact) mass is 144 g/mol. The van der Waals surface area contributed by atoms with Crippen molar-refractivity contribution in [2.45, 2.75) is 26.3 Å². The predicted octanol–water partition coefficient (Wildman–Crippen LogP) is 0.936. The van der Waals surface area contributed by atoms with Gasteiger partial charge in [0.2, 0.25) is 0 Å². The second kappa shape index (κ2) is 5.69. The first kappa shape index (κ1) is 9.92. The fraction of sp³-hybridized carbons (Fsp3) is 1.00. The molecule has 0 aliphatic carbocycles. The van der Waals surface area contributed by atoms with E-state index in [0.29, 0.717) is 6.04 Å². The van der Waals surface area contributed by atoms with Crippen LogP contribution >= 0.6 is 0 Å². The number of hydrogen-bond acceptors (Lipinski definition) is 2. The van der Waals surface area contributed by atoms with E-state index < -0.39 is 0 Å². The van der Waals surface area contributed by atoms with E-state index >= 15 is 0 Å². The van der Waals surface area contributed by atoms with Gasteiger partial charge in [0, 0.05) is 12.6 Å². The van der Waals surface area contributed by atoms with Crippen LogP contribution in [0.15, 0.2) is 0 Å². The number of nitrogens with zero attached hydrogens (tertiary/aromatic N) is 1. The van der Waals surface area contributed by atoms with Crippen molar-refractivity contribution in [2.75, 3.05) is 27.2 Å². The lowest BCUT2D eigenvalue weighted by atomic mass is 10.3. The fourth-order valence-electron chi connectivity index (χ4n) is 1.00. The molecule has 0 saturated carbocycles. The topological polar surface area (TPSA) is 15.3 Å². The van der Waals surface area contributed by atoms with Gasteiger partial charge in [0.25, 0.3) is 0 Å². The zero-order chi connectivity index (χ0) is 7.98. The normalized spacial score (nSPS) is 14.1. The van der Waals surface area contributed by atoms with Gasteiger partial charge in [-0.05, 0) is 34.0 Å². The van der Waals surface area contributed by atoms with Gasteiger partial charge < -0.3 is 10.2 Å². The van der Waals surface area contributed by atoms with Gasteiger partial charge in [-0.25, -0.2) is 0 Å². The summed E-state index contributed by atoms with van der Waals surface area (Å²) in [4.78, 5) is 2.20. The minimum atomic E-state index is 0.620. The van der Waals surface area contributed by atoms with Gasteiger partial charge in [-0.15, -0.1) is 0 Å². The molecule has 2 nitrogen and oxygen atoms in total. The summed E-state index contributed by atoms with van der Waals surface area (Å²) in [6.07, 6.45) is 1.22. The summed E-state index contributed by atoms with van der Waals surface area (Å²) in [6, 6.07) is 0.620. The van der Waals surface area contributed by atoms with Gasteiger partial charge in [0.1, 0.15) is 0 Å². The minimum absolute atomic E-state index is 0.620. The second-order valence-corrected chi connectivity index (χ2v) is 3.12. The average molecular weight is 144 g/mol. The van der Waals surface area contributed by atoms with Gasteiger partial charge in [-0.3, -0.25) is 0 Å². The first-order valence-electron chi connectivity index (χ1n) is 4.05. The first-order chi connectivity index (χ1) is 4.66. The number of nitrogens with one attached hydrogen (secondary N) is 1. The summed E-state index contributed by atoms with van der Waals surface area (Å²) < 4.78 is 0. The molecule has 1 N–H and O–H groups in total. The van der Waals surface area contributed by atoms with Crippen LogP contribution in [-0.4, -0.2) is 38.1 Å². The van der Waals surface area contributed by atoms with Gasteiger partial charge in [-0.1, -0.05) is 6.92 Å². The Hall–Kier alpha value is -0.0800. The molecule has 62 valence electrons. The van der Waals surface area contributed by atoms with Gasteiger partial charge in [-0.2, -0.15) is 0 Å². The number of likely N-dealkylation sites (N-methyl/N-ethyl adjacent to an activating group) is 1. The summed E-state index contributed by atoms with van der Waals surface area (Å²) in [7, 11) is 4.20. The number of hydrogen-bond donors (Lipinski definition) is 1. The molecule has 0 aromatic rings. The standard InChI is InChI=1S/C8H20N2/c1-5-6-9-8(2)7-10(3)4/h8-9H,5-7H2,1-4H3. The third kappa shape index (κ3) is 6.05. The van der Waals surface area contributed by atoms with Gasteiger partial charge in [0.05, 0.1) is 0 Å². The number of rotatable bonds is 5. The molecule has 0 amide bonds. The Labute approximate surface area is 64.6 Å². The largest absolute Gasteiger partial charge is 0.313 e. The fourth-order valence-corrected chi connectivity index (χ4v) is 1.00. The predicted molar refractivity (Wildman–Crippen MR) is 46.3 cm³/mol. The van der Waals surface area contributed by atoms with Crippen LogP contribution in [0.3, 0.4) is 0 Å². The molecule has 0 aliphatic heterocycles. The summed E-state index contributed by atoms with van der Waals surface area (Å²) >= 11 is 0. The highest BCUT2D eigenvalue weighted by atomic mass is 15.1. The van der Waals surface area contributed by atoms with Crippen molar-refractivity contribution in [1.29, 1.82) is 0 Å². The Kier molecular flexibility index (Phi) is 5.64. The van der Waals surface area contributed by atoms with Crippen molar-refractivity contribution < 1.29 is 0 Å². The van der Waals surface area contributed by atoms with Crippen molar-refractivity contribution in [3.63, 3.8) is 0 Å². The summed E-state index contributed by atoms with van der Waals surface area (Å²) in [5.41, 5.74) is 0. The van der Waals surface area contributed by atoms with Crippen LogP contribution in [0.4, 0.5) is 0 Å². The molecule has 0 spiro atoms. The zero-order valence-electron chi connectivity index (χ0n) is 7.65. The highest BCUT2D eigenvalue weighted by molar-refractivity contribution is 4.61. The molecule has 10 heavy (non-hydrogen) atoms. The molecular weight excluding hydrogens is 124 g/mol. The smallest absolute Gasteiger partial charge is 0.0166 e. The average Bonchev–Trinajstić information content (AvgIpc) is 1.82. The van der Waals surface area contributed by atoms with Crippen LogP contribution in [0.5, 0.6) is 0 Å². The van der Waals surface area contributed by atoms with E-state index in [1.54, 1.807) is 0 Å². The minimum Gasteiger partial charge on any atom is -0.313 e. The summed E-state index contributed by atoms with van der Waals surface area (Å²) in [6.45, 7) is 6.67. The van der Waals surface area contributed by atoms with Crippen molar-refractivity contribution in [3.05, 3.63) is 0 Å². The molecule has 0 saturated heterocycles. The molecule has 0 heterocycles. The Morgan fingerprint density at radius 3 is 2.40 bits per heavy atom. The van der Waals surface area contributed by atoms with E-state index in [1.807, 2.05) is 0 Å². The maximum absolute atomic E-state index is 3.42. The Morgan fingerprint density at radius 1 is 1.40 bits per heavy atom. The lowest BCUT2D eigenvalue weighted by molar-refractivity contribution is 0.350. The molecule has 0 aromatic carbocycles. The molecular formula is C8H20N2. The van der Waals surface area contributed by atoms with Crippen molar-refractivity contribution >= 4 is 0 Å². The van der Waals surface area contributed by atoms with Crippen LogP contribution in [0.25, 0.3) is 0 Å². The molecule has 0 aliphatic rings. The third-order valence-corrected chi connectivity index (χ3v) is 1.38. The van der Waals surface area contributed by atoms with Crippen LogP contribution in [0.1, 0.15) is 20.3 Å². The van der Waals surface area contributed by atoms with E-state index in [0.717, 1.165) is 13.1 Å². The lowest BCUT2D eigenvalue weighted by Gasteiger charge is -2.17. The van der Waals surface area contributed by atoms with Crippen molar-refractivity contribution in [1.82, 2.24) is 10.2 Å². The Bertz CT molecular complexity index is 71.7. The van der Waals surface area contributed by atoms with E-state index in [4.69, 9.17) is 0 Å². The highest BCUT2D eigenvalue weighted by Gasteiger charge is 1.99. The maximum Gasteiger partial charge on any atom is 0.0166 e. The second-order valence-electron chi connectivity index (χ2n) is 3.12. The Balaban J connectivity index is 3.16. The zero-order valence-corrected chi connectivity index (χ0v) is 7.65. The maximum atomic E-state index is 3.42. The molecule has 0 fully saturated rings. The lowest BCUT2D eigenvalue weighted by Crippen LogP contribution is -2.36. The van der Waals surface area contributed by atoms with E-state index in [1.165, 1.54) is 6.42 Å². The van der Waals surface area contributed by atoms with Crippen molar-refractivity contribution in [2.24, 2.45) is 0 Å². The highest BCUT2D eigenvalue weighted by Crippen LogP contribution is 1.84. The summed E-state index contributed by atoms with van der Waals surface area (Å²) in [5.74, 6) is 0. The molecule has 0 aromatic heterocycles. The Morgan fingerprint density at radius 2 is 2.00 bits per heavy atom.